The van der Waals surface area contributed by atoms with Crippen LogP contribution in [-0.2, 0) is 6.54 Å². The van der Waals surface area contributed by atoms with Crippen molar-refractivity contribution >= 4 is 23.5 Å². The lowest BCUT2D eigenvalue weighted by atomic mass is 10.1. The van der Waals surface area contributed by atoms with E-state index < -0.39 is 0 Å². The van der Waals surface area contributed by atoms with Crippen LogP contribution >= 0.6 is 11.6 Å². The van der Waals surface area contributed by atoms with E-state index in [1.54, 1.807) is 0 Å². The number of halogens is 1. The molecule has 2 aromatic rings. The van der Waals surface area contributed by atoms with Gasteiger partial charge in [-0.25, -0.2) is 0 Å². The van der Waals surface area contributed by atoms with Gasteiger partial charge in [0.15, 0.2) is 0 Å². The highest BCUT2D eigenvalue weighted by atomic mass is 35.5. The molecule has 5 nitrogen and oxygen atoms in total. The predicted molar refractivity (Wildman–Crippen MR) is 86.9 cm³/mol. The van der Waals surface area contributed by atoms with Gasteiger partial charge >= 0.3 is 0 Å². The smallest absolute Gasteiger partial charge is 0.231 e. The van der Waals surface area contributed by atoms with Crippen LogP contribution in [0.25, 0.3) is 0 Å². The molecule has 0 bridgehead atoms. The maximum Gasteiger partial charge on any atom is 0.231 e. The van der Waals surface area contributed by atoms with E-state index in [4.69, 9.17) is 11.6 Å². The molecule has 1 aromatic carbocycles. The molecule has 1 aromatic heterocycles. The first-order chi connectivity index (χ1) is 10.1. The summed E-state index contributed by atoms with van der Waals surface area (Å²) in [4.78, 5) is 14.8. The van der Waals surface area contributed by atoms with Gasteiger partial charge in [-0.05, 0) is 43.5 Å². The standard InChI is InChI=1S/C15H20ClN5/c1-4-21(5-2)15-19-13(16)18-14(20-15)17-10-12-9-7-6-8-11(12)3/h6-9H,4-5,10H2,1-3H3,(H,17,18,19,20). The number of hydrogen-bond donors (Lipinski definition) is 1. The van der Waals surface area contributed by atoms with E-state index in [0.29, 0.717) is 18.4 Å². The molecule has 1 heterocycles. The first-order valence-electron chi connectivity index (χ1n) is 7.09. The molecule has 0 aliphatic heterocycles. The Morgan fingerprint density at radius 2 is 1.81 bits per heavy atom. The Hall–Kier alpha value is -1.88. The quantitative estimate of drug-likeness (QED) is 0.887. The fourth-order valence-corrected chi connectivity index (χ4v) is 2.20. The minimum Gasteiger partial charge on any atom is -0.350 e. The molecule has 1 N–H and O–H groups in total. The van der Waals surface area contributed by atoms with Gasteiger partial charge in [-0.2, -0.15) is 15.0 Å². The normalized spacial score (nSPS) is 10.5. The molecule has 0 radical (unpaired) electrons. The van der Waals surface area contributed by atoms with Crippen LogP contribution in [0.3, 0.4) is 0 Å². The first-order valence-corrected chi connectivity index (χ1v) is 7.46. The summed E-state index contributed by atoms with van der Waals surface area (Å²) in [5, 5.41) is 3.42. The van der Waals surface area contributed by atoms with Crippen molar-refractivity contribution in [2.75, 3.05) is 23.3 Å². The van der Waals surface area contributed by atoms with Crippen molar-refractivity contribution in [1.29, 1.82) is 0 Å². The molecule has 0 unspecified atom stereocenters. The van der Waals surface area contributed by atoms with E-state index >= 15 is 0 Å². The van der Waals surface area contributed by atoms with E-state index in [2.05, 4.69) is 53.2 Å². The van der Waals surface area contributed by atoms with Crippen LogP contribution in [-0.4, -0.2) is 28.0 Å². The topological polar surface area (TPSA) is 53.9 Å². The van der Waals surface area contributed by atoms with Crippen LogP contribution < -0.4 is 10.2 Å². The molecule has 0 aliphatic rings. The summed E-state index contributed by atoms with van der Waals surface area (Å²) in [6.07, 6.45) is 0. The lowest BCUT2D eigenvalue weighted by molar-refractivity contribution is 0.811. The number of aryl methyl sites for hydroxylation is 1. The van der Waals surface area contributed by atoms with Gasteiger partial charge in [-0.3, -0.25) is 0 Å². The van der Waals surface area contributed by atoms with Gasteiger partial charge in [0, 0.05) is 19.6 Å². The Labute approximate surface area is 130 Å². The molecule has 0 fully saturated rings. The minimum atomic E-state index is 0.208. The monoisotopic (exact) mass is 305 g/mol. The Balaban J connectivity index is 2.15. The van der Waals surface area contributed by atoms with Crippen molar-refractivity contribution in [3.8, 4) is 0 Å². The second-order valence-corrected chi connectivity index (χ2v) is 5.02. The van der Waals surface area contributed by atoms with Crippen LogP contribution in [0.4, 0.5) is 11.9 Å². The lowest BCUT2D eigenvalue weighted by Gasteiger charge is -2.18. The highest BCUT2D eigenvalue weighted by Gasteiger charge is 2.10. The zero-order valence-electron chi connectivity index (χ0n) is 12.6. The summed E-state index contributed by atoms with van der Waals surface area (Å²) in [6.45, 7) is 8.51. The van der Waals surface area contributed by atoms with E-state index in [1.165, 1.54) is 11.1 Å². The van der Waals surface area contributed by atoms with Crippen LogP contribution in [0.5, 0.6) is 0 Å². The molecular weight excluding hydrogens is 286 g/mol. The zero-order valence-corrected chi connectivity index (χ0v) is 13.4. The van der Waals surface area contributed by atoms with Gasteiger partial charge < -0.3 is 10.2 Å². The maximum absolute atomic E-state index is 5.99. The minimum absolute atomic E-state index is 0.208. The van der Waals surface area contributed by atoms with Crippen molar-refractivity contribution < 1.29 is 0 Å². The summed E-state index contributed by atoms with van der Waals surface area (Å²) in [6, 6.07) is 8.21. The Morgan fingerprint density at radius 1 is 1.10 bits per heavy atom. The van der Waals surface area contributed by atoms with Crippen LogP contribution in [0, 0.1) is 6.92 Å². The van der Waals surface area contributed by atoms with E-state index in [1.807, 2.05) is 17.0 Å². The molecule has 0 spiro atoms. The van der Waals surface area contributed by atoms with E-state index in [9.17, 15) is 0 Å². The number of anilines is 2. The zero-order chi connectivity index (χ0) is 15.2. The molecule has 0 aliphatic carbocycles. The van der Waals surface area contributed by atoms with Crippen molar-refractivity contribution in [2.24, 2.45) is 0 Å². The number of nitrogens with one attached hydrogen (secondary N) is 1. The SMILES string of the molecule is CCN(CC)c1nc(Cl)nc(NCc2ccccc2C)n1. The third-order valence-electron chi connectivity index (χ3n) is 3.34. The number of benzene rings is 1. The van der Waals surface area contributed by atoms with Crippen LogP contribution in [0.2, 0.25) is 5.28 Å². The Kier molecular flexibility index (Phi) is 5.33. The molecule has 2 rings (SSSR count). The maximum atomic E-state index is 5.99. The van der Waals surface area contributed by atoms with Gasteiger partial charge in [-0.1, -0.05) is 24.3 Å². The summed E-state index contributed by atoms with van der Waals surface area (Å²) >= 11 is 5.99. The van der Waals surface area contributed by atoms with Crippen molar-refractivity contribution in [3.63, 3.8) is 0 Å². The van der Waals surface area contributed by atoms with E-state index in [-0.39, 0.29) is 5.28 Å². The molecule has 6 heteroatoms. The first kappa shape index (κ1) is 15.5. The summed E-state index contributed by atoms with van der Waals surface area (Å²) < 4.78 is 0. The molecule has 0 saturated carbocycles. The van der Waals surface area contributed by atoms with Gasteiger partial charge in [0.05, 0.1) is 0 Å². The van der Waals surface area contributed by atoms with Gasteiger partial charge in [0.2, 0.25) is 17.2 Å². The molecule has 0 atom stereocenters. The van der Waals surface area contributed by atoms with Gasteiger partial charge in [-0.15, -0.1) is 0 Å². The number of rotatable bonds is 6. The highest BCUT2D eigenvalue weighted by Crippen LogP contribution is 2.15. The van der Waals surface area contributed by atoms with Gasteiger partial charge in [0.25, 0.3) is 0 Å². The van der Waals surface area contributed by atoms with E-state index in [0.717, 1.165) is 13.1 Å². The van der Waals surface area contributed by atoms with Crippen molar-refractivity contribution in [2.45, 2.75) is 27.3 Å². The second kappa shape index (κ2) is 7.22. The molecular formula is C15H20ClN5. The molecule has 112 valence electrons. The largest absolute Gasteiger partial charge is 0.350 e. The summed E-state index contributed by atoms with van der Waals surface area (Å²) in [5.74, 6) is 1.10. The second-order valence-electron chi connectivity index (χ2n) is 4.68. The third kappa shape index (κ3) is 4.04. The van der Waals surface area contributed by atoms with Crippen molar-refractivity contribution in [1.82, 2.24) is 15.0 Å². The van der Waals surface area contributed by atoms with Crippen LogP contribution in [0.15, 0.2) is 24.3 Å². The summed E-state index contributed by atoms with van der Waals surface area (Å²) in [7, 11) is 0. The average molecular weight is 306 g/mol. The third-order valence-corrected chi connectivity index (χ3v) is 3.51. The number of hydrogen-bond acceptors (Lipinski definition) is 5. The summed E-state index contributed by atoms with van der Waals surface area (Å²) in [5.41, 5.74) is 2.44. The average Bonchev–Trinajstić information content (AvgIpc) is 2.47. The Morgan fingerprint density at radius 3 is 2.48 bits per heavy atom. The van der Waals surface area contributed by atoms with Crippen molar-refractivity contribution in [3.05, 3.63) is 40.7 Å². The van der Waals surface area contributed by atoms with Gasteiger partial charge in [0.1, 0.15) is 0 Å². The molecule has 0 amide bonds. The fourth-order valence-electron chi connectivity index (χ4n) is 2.05. The molecule has 0 saturated heterocycles. The Bertz CT molecular complexity index is 598. The predicted octanol–water partition coefficient (Wildman–Crippen LogP) is 3.29. The molecule has 21 heavy (non-hydrogen) atoms. The number of aromatic nitrogens is 3. The lowest BCUT2D eigenvalue weighted by Crippen LogP contribution is -2.25. The van der Waals surface area contributed by atoms with Crippen LogP contribution in [0.1, 0.15) is 25.0 Å². The highest BCUT2D eigenvalue weighted by molar-refractivity contribution is 6.28. The fraction of sp³-hybridized carbons (Fsp3) is 0.400. The number of nitrogens with zero attached hydrogens (tertiary/aromatic N) is 4.